The highest BCUT2D eigenvalue weighted by Gasteiger charge is 2.15. The number of aliphatic hydroxyl groups excluding tert-OH is 3. The van der Waals surface area contributed by atoms with E-state index in [9.17, 15) is 9.90 Å². The van der Waals surface area contributed by atoms with E-state index >= 15 is 0 Å². The van der Waals surface area contributed by atoms with Gasteiger partial charge in [-0.15, -0.1) is 0 Å². The van der Waals surface area contributed by atoms with Gasteiger partial charge in [0.1, 0.15) is 0 Å². The van der Waals surface area contributed by atoms with Gasteiger partial charge in [0.05, 0.1) is 6.61 Å². The van der Waals surface area contributed by atoms with Crippen LogP contribution in [0.4, 0.5) is 0 Å². The lowest BCUT2D eigenvalue weighted by atomic mass is 10.2. The highest BCUT2D eigenvalue weighted by atomic mass is 16.5. The molecule has 0 aromatic heterocycles. The van der Waals surface area contributed by atoms with E-state index in [1.807, 2.05) is 0 Å². The third-order valence-corrected chi connectivity index (χ3v) is 1.70. The Hall–Kier alpha value is -0.650. The smallest absolute Gasteiger partial charge is 0.334 e. The molecule has 0 aliphatic rings. The van der Waals surface area contributed by atoms with Crippen molar-refractivity contribution in [2.45, 2.75) is 31.8 Å². The summed E-state index contributed by atoms with van der Waals surface area (Å²) in [5, 5.41) is 26.1. The minimum atomic E-state index is -1.14. The lowest BCUT2D eigenvalue weighted by Crippen LogP contribution is -2.23. The summed E-state index contributed by atoms with van der Waals surface area (Å²) in [5.41, 5.74) is 0. The predicted octanol–water partition coefficient (Wildman–Crippen LogP) is -0.565. The van der Waals surface area contributed by atoms with Crippen molar-refractivity contribution in [3.63, 3.8) is 0 Å². The molecule has 0 aromatic carbocycles. The van der Waals surface area contributed by atoms with E-state index in [-0.39, 0.29) is 26.2 Å². The third kappa shape index (κ3) is 6.82. The van der Waals surface area contributed by atoms with Crippen LogP contribution in [0.25, 0.3) is 0 Å². The molecule has 0 radical (unpaired) electrons. The van der Waals surface area contributed by atoms with Crippen LogP contribution in [0.2, 0.25) is 0 Å². The van der Waals surface area contributed by atoms with Crippen LogP contribution in [-0.2, 0) is 9.53 Å². The number of unbranched alkanes of at least 4 members (excludes halogenated alkanes) is 1. The molecule has 0 aliphatic carbocycles. The quantitative estimate of drug-likeness (QED) is 0.366. The molecule has 0 fully saturated rings. The second-order valence-electron chi connectivity index (χ2n) is 2.98. The number of ether oxygens (including phenoxy) is 1. The average molecular weight is 206 g/mol. The molecule has 0 amide bonds. The van der Waals surface area contributed by atoms with Crippen molar-refractivity contribution in [1.82, 2.24) is 0 Å². The molecule has 84 valence electrons. The van der Waals surface area contributed by atoms with E-state index in [0.29, 0.717) is 19.3 Å². The summed E-state index contributed by atoms with van der Waals surface area (Å²) in [7, 11) is 0. The van der Waals surface area contributed by atoms with Gasteiger partial charge in [0.15, 0.2) is 6.10 Å². The average Bonchev–Trinajstić information content (AvgIpc) is 2.20. The maximum atomic E-state index is 11.0. The van der Waals surface area contributed by atoms with E-state index in [1.54, 1.807) is 0 Å². The van der Waals surface area contributed by atoms with Crippen molar-refractivity contribution in [3.8, 4) is 0 Å². The molecule has 5 nitrogen and oxygen atoms in total. The normalized spacial score (nSPS) is 12.5. The zero-order valence-electron chi connectivity index (χ0n) is 8.19. The summed E-state index contributed by atoms with van der Waals surface area (Å²) in [6.45, 7) is 0.245. The van der Waals surface area contributed by atoms with Gasteiger partial charge in [-0.25, -0.2) is 4.79 Å². The Morgan fingerprint density at radius 2 is 1.79 bits per heavy atom. The first-order chi connectivity index (χ1) is 6.72. The van der Waals surface area contributed by atoms with E-state index in [0.717, 1.165) is 0 Å². The lowest BCUT2D eigenvalue weighted by molar-refractivity contribution is -0.154. The highest BCUT2D eigenvalue weighted by Crippen LogP contribution is 2.00. The molecule has 0 saturated carbocycles. The van der Waals surface area contributed by atoms with E-state index in [4.69, 9.17) is 14.9 Å². The SMILES string of the molecule is O=C(OCCCCO)C(O)CCCO. The molecule has 0 rings (SSSR count). The van der Waals surface area contributed by atoms with Crippen LogP contribution in [0.1, 0.15) is 25.7 Å². The maximum Gasteiger partial charge on any atom is 0.334 e. The van der Waals surface area contributed by atoms with Gasteiger partial charge in [0.2, 0.25) is 0 Å². The van der Waals surface area contributed by atoms with Crippen molar-refractivity contribution in [3.05, 3.63) is 0 Å². The summed E-state index contributed by atoms with van der Waals surface area (Å²) >= 11 is 0. The number of aliphatic hydroxyl groups is 3. The number of hydrogen-bond acceptors (Lipinski definition) is 5. The molecule has 3 N–H and O–H groups in total. The molecule has 0 spiro atoms. The van der Waals surface area contributed by atoms with Crippen LogP contribution in [0.15, 0.2) is 0 Å². The highest BCUT2D eigenvalue weighted by molar-refractivity contribution is 5.74. The fourth-order valence-corrected chi connectivity index (χ4v) is 0.885. The van der Waals surface area contributed by atoms with Gasteiger partial charge in [-0.05, 0) is 25.7 Å². The van der Waals surface area contributed by atoms with Crippen molar-refractivity contribution in [2.75, 3.05) is 19.8 Å². The van der Waals surface area contributed by atoms with Crippen LogP contribution in [0.5, 0.6) is 0 Å². The molecular formula is C9H18O5. The Kier molecular flexibility index (Phi) is 8.51. The molecule has 5 heteroatoms. The van der Waals surface area contributed by atoms with E-state index in [1.165, 1.54) is 0 Å². The predicted molar refractivity (Wildman–Crippen MR) is 49.6 cm³/mol. The van der Waals surface area contributed by atoms with Gasteiger partial charge in [0.25, 0.3) is 0 Å². The van der Waals surface area contributed by atoms with Gasteiger partial charge in [-0.3, -0.25) is 0 Å². The number of hydrogen-bond donors (Lipinski definition) is 3. The Labute approximate surface area is 83.3 Å². The lowest BCUT2D eigenvalue weighted by Gasteiger charge is -2.09. The number of rotatable bonds is 8. The standard InChI is InChI=1S/C9H18O5/c10-5-1-2-7-14-9(13)8(12)4-3-6-11/h8,10-12H,1-7H2. The third-order valence-electron chi connectivity index (χ3n) is 1.70. The molecule has 0 aliphatic heterocycles. The number of carbonyl (C=O) groups is 1. The first-order valence-corrected chi connectivity index (χ1v) is 4.78. The van der Waals surface area contributed by atoms with Gasteiger partial charge >= 0.3 is 5.97 Å². The minimum absolute atomic E-state index is 0.0468. The first-order valence-electron chi connectivity index (χ1n) is 4.78. The molecule has 1 unspecified atom stereocenters. The number of carbonyl (C=O) groups excluding carboxylic acids is 1. The molecule has 0 saturated heterocycles. The minimum Gasteiger partial charge on any atom is -0.464 e. The molecular weight excluding hydrogens is 188 g/mol. The van der Waals surface area contributed by atoms with E-state index in [2.05, 4.69) is 0 Å². The topological polar surface area (TPSA) is 87.0 Å². The summed E-state index contributed by atoms with van der Waals surface area (Å²) < 4.78 is 4.72. The van der Waals surface area contributed by atoms with Crippen molar-refractivity contribution < 1.29 is 24.9 Å². The van der Waals surface area contributed by atoms with Gasteiger partial charge in [0, 0.05) is 13.2 Å². The van der Waals surface area contributed by atoms with Gasteiger partial charge in [-0.2, -0.15) is 0 Å². The summed E-state index contributed by atoms with van der Waals surface area (Å²) in [6.07, 6.45) is 0.633. The van der Waals surface area contributed by atoms with Crippen molar-refractivity contribution in [2.24, 2.45) is 0 Å². The Morgan fingerprint density at radius 3 is 2.36 bits per heavy atom. The Balaban J connectivity index is 3.42. The zero-order valence-corrected chi connectivity index (χ0v) is 8.19. The summed E-state index contributed by atoms with van der Waals surface area (Å²) in [6, 6.07) is 0. The fraction of sp³-hybridized carbons (Fsp3) is 0.889. The maximum absolute atomic E-state index is 11.0. The van der Waals surface area contributed by atoms with Crippen LogP contribution in [-0.4, -0.2) is 47.2 Å². The Bertz CT molecular complexity index is 148. The Morgan fingerprint density at radius 1 is 1.14 bits per heavy atom. The second kappa shape index (κ2) is 8.93. The van der Waals surface area contributed by atoms with Crippen molar-refractivity contribution in [1.29, 1.82) is 0 Å². The van der Waals surface area contributed by atoms with Crippen molar-refractivity contribution >= 4 is 5.97 Å². The van der Waals surface area contributed by atoms with Crippen LogP contribution >= 0.6 is 0 Å². The monoisotopic (exact) mass is 206 g/mol. The van der Waals surface area contributed by atoms with Crippen LogP contribution in [0, 0.1) is 0 Å². The summed E-state index contributed by atoms with van der Waals surface area (Å²) in [4.78, 5) is 11.0. The van der Waals surface area contributed by atoms with Gasteiger partial charge in [-0.1, -0.05) is 0 Å². The van der Waals surface area contributed by atoms with Crippen LogP contribution in [0.3, 0.4) is 0 Å². The summed E-state index contributed by atoms with van der Waals surface area (Å²) in [5.74, 6) is -0.656. The van der Waals surface area contributed by atoms with Gasteiger partial charge < -0.3 is 20.1 Å². The zero-order chi connectivity index (χ0) is 10.8. The second-order valence-corrected chi connectivity index (χ2v) is 2.98. The van der Waals surface area contributed by atoms with E-state index < -0.39 is 12.1 Å². The first kappa shape index (κ1) is 13.4. The number of esters is 1. The largest absolute Gasteiger partial charge is 0.464 e. The molecule has 0 heterocycles. The van der Waals surface area contributed by atoms with Crippen LogP contribution < -0.4 is 0 Å². The molecule has 14 heavy (non-hydrogen) atoms. The molecule has 0 bridgehead atoms. The molecule has 0 aromatic rings. The fourth-order valence-electron chi connectivity index (χ4n) is 0.885. The molecule has 1 atom stereocenters.